The Balaban J connectivity index is 1.82. The first-order valence-electron chi connectivity index (χ1n) is 8.60. The average Bonchev–Trinajstić information content (AvgIpc) is 2.74. The fourth-order valence-electron chi connectivity index (χ4n) is 3.01. The number of carbonyl (C=O) groups excluding carboxylic acids is 1. The molecule has 0 N–H and O–H groups in total. The fourth-order valence-corrected chi connectivity index (χ4v) is 3.73. The van der Waals surface area contributed by atoms with E-state index in [-0.39, 0.29) is 5.78 Å². The molecule has 0 atom stereocenters. The van der Waals surface area contributed by atoms with Crippen LogP contribution < -0.4 is 0 Å². The van der Waals surface area contributed by atoms with Crippen molar-refractivity contribution in [1.29, 1.82) is 0 Å². The smallest absolute Gasteiger partial charge is 0.230 e. The molecule has 0 aliphatic heterocycles. The summed E-state index contributed by atoms with van der Waals surface area (Å²) in [6.45, 7) is 0. The molecule has 0 spiro atoms. The Morgan fingerprint density at radius 1 is 0.607 bits per heavy atom. The van der Waals surface area contributed by atoms with Crippen LogP contribution in [0.2, 0.25) is 0 Å². The van der Waals surface area contributed by atoms with E-state index in [0.29, 0.717) is 11.4 Å². The second-order valence-electron chi connectivity index (χ2n) is 6.14. The maximum atomic E-state index is 13.4. The minimum absolute atomic E-state index is 0.178. The third-order valence-electron chi connectivity index (χ3n) is 4.36. The molecule has 0 bridgehead atoms. The zero-order valence-corrected chi connectivity index (χ0v) is 19.0. The van der Waals surface area contributed by atoms with Gasteiger partial charge in [0.15, 0.2) is 0 Å². The minimum atomic E-state index is -0.178. The summed E-state index contributed by atoms with van der Waals surface area (Å²) in [5.41, 5.74) is 4.36. The van der Waals surface area contributed by atoms with E-state index in [1.165, 1.54) is 0 Å². The summed E-state index contributed by atoms with van der Waals surface area (Å²) in [4.78, 5) is 22.3. The SMILES string of the molecule is O=C(c1ncccc1-c1ccc(I)cc1)c1ncccc1-c1ccc(I)cc1. The molecule has 0 fully saturated rings. The highest BCUT2D eigenvalue weighted by Gasteiger charge is 2.21. The number of aromatic nitrogens is 2. The number of carbonyl (C=O) groups is 1. The first kappa shape index (κ1) is 19.2. The maximum absolute atomic E-state index is 13.4. The molecule has 2 heterocycles. The third kappa shape index (κ3) is 4.00. The summed E-state index contributed by atoms with van der Waals surface area (Å²) >= 11 is 4.53. The van der Waals surface area contributed by atoms with Crippen LogP contribution in [0.15, 0.2) is 85.2 Å². The van der Waals surface area contributed by atoms with E-state index in [1.54, 1.807) is 12.4 Å². The van der Waals surface area contributed by atoms with Gasteiger partial charge in [0, 0.05) is 30.7 Å². The molecule has 28 heavy (non-hydrogen) atoms. The van der Waals surface area contributed by atoms with Crippen LogP contribution in [-0.4, -0.2) is 15.8 Å². The quantitative estimate of drug-likeness (QED) is 0.209. The van der Waals surface area contributed by atoms with Crippen molar-refractivity contribution in [2.75, 3.05) is 0 Å². The van der Waals surface area contributed by atoms with Gasteiger partial charge < -0.3 is 0 Å². The van der Waals surface area contributed by atoms with Gasteiger partial charge in [0.2, 0.25) is 5.78 Å². The number of benzene rings is 2. The van der Waals surface area contributed by atoms with Crippen molar-refractivity contribution in [2.24, 2.45) is 0 Å². The average molecular weight is 588 g/mol. The predicted octanol–water partition coefficient (Wildman–Crippen LogP) is 6.25. The van der Waals surface area contributed by atoms with Gasteiger partial charge in [-0.2, -0.15) is 0 Å². The molecule has 0 aliphatic rings. The van der Waals surface area contributed by atoms with Gasteiger partial charge in [0.05, 0.1) is 0 Å². The summed E-state index contributed by atoms with van der Waals surface area (Å²) in [7, 11) is 0. The monoisotopic (exact) mass is 588 g/mol. The molecular formula is C23H14I2N2O. The Morgan fingerprint density at radius 2 is 1.00 bits per heavy atom. The van der Waals surface area contributed by atoms with Gasteiger partial charge in [-0.15, -0.1) is 0 Å². The molecule has 0 unspecified atom stereocenters. The molecule has 4 rings (SSSR count). The Hall–Kier alpha value is -2.13. The molecule has 0 amide bonds. The highest BCUT2D eigenvalue weighted by atomic mass is 127. The van der Waals surface area contributed by atoms with Gasteiger partial charge in [-0.25, -0.2) is 0 Å². The molecule has 2 aromatic heterocycles. The maximum Gasteiger partial charge on any atom is 0.230 e. The Labute approximate surface area is 190 Å². The second kappa shape index (κ2) is 8.48. The number of nitrogens with zero attached hydrogens (tertiary/aromatic N) is 2. The molecule has 0 saturated heterocycles. The summed E-state index contributed by atoms with van der Waals surface area (Å²) in [5, 5.41) is 0. The van der Waals surface area contributed by atoms with E-state index < -0.39 is 0 Å². The van der Waals surface area contributed by atoms with Crippen LogP contribution in [0.1, 0.15) is 16.2 Å². The molecule has 0 radical (unpaired) electrons. The van der Waals surface area contributed by atoms with Crippen molar-refractivity contribution in [1.82, 2.24) is 9.97 Å². The van der Waals surface area contributed by atoms with Gasteiger partial charge in [-0.3, -0.25) is 14.8 Å². The van der Waals surface area contributed by atoms with E-state index in [9.17, 15) is 4.79 Å². The van der Waals surface area contributed by atoms with Crippen molar-refractivity contribution in [3.05, 3.63) is 104 Å². The molecule has 136 valence electrons. The highest BCUT2D eigenvalue weighted by molar-refractivity contribution is 14.1. The summed E-state index contributed by atoms with van der Waals surface area (Å²) < 4.78 is 2.28. The van der Waals surface area contributed by atoms with E-state index in [1.807, 2.05) is 72.8 Å². The van der Waals surface area contributed by atoms with E-state index in [4.69, 9.17) is 0 Å². The highest BCUT2D eigenvalue weighted by Crippen LogP contribution is 2.28. The van der Waals surface area contributed by atoms with Crippen LogP contribution in [0.25, 0.3) is 22.3 Å². The van der Waals surface area contributed by atoms with Crippen molar-refractivity contribution >= 4 is 51.0 Å². The largest absolute Gasteiger partial charge is 0.285 e. The van der Waals surface area contributed by atoms with E-state index in [2.05, 4.69) is 55.1 Å². The summed E-state index contributed by atoms with van der Waals surface area (Å²) in [6.07, 6.45) is 3.30. The van der Waals surface area contributed by atoms with Gasteiger partial charge in [0.1, 0.15) is 11.4 Å². The number of halogens is 2. The van der Waals surface area contributed by atoms with Gasteiger partial charge in [-0.1, -0.05) is 36.4 Å². The lowest BCUT2D eigenvalue weighted by atomic mass is 9.96. The lowest BCUT2D eigenvalue weighted by molar-refractivity contribution is 0.103. The Morgan fingerprint density at radius 3 is 1.39 bits per heavy atom. The normalized spacial score (nSPS) is 10.6. The zero-order chi connectivity index (χ0) is 19.5. The number of hydrogen-bond donors (Lipinski definition) is 0. The lowest BCUT2D eigenvalue weighted by Gasteiger charge is -2.11. The van der Waals surface area contributed by atoms with Crippen LogP contribution in [-0.2, 0) is 0 Å². The Kier molecular flexibility index (Phi) is 5.82. The van der Waals surface area contributed by atoms with Crippen LogP contribution in [0.4, 0.5) is 0 Å². The minimum Gasteiger partial charge on any atom is -0.285 e. The molecule has 4 aromatic rings. The molecular weight excluding hydrogens is 574 g/mol. The zero-order valence-electron chi connectivity index (χ0n) is 14.6. The number of hydrogen-bond acceptors (Lipinski definition) is 3. The first-order valence-corrected chi connectivity index (χ1v) is 10.8. The van der Waals surface area contributed by atoms with Crippen LogP contribution in [0, 0.1) is 7.14 Å². The lowest BCUT2D eigenvalue weighted by Crippen LogP contribution is -2.10. The molecule has 0 aliphatic carbocycles. The van der Waals surface area contributed by atoms with Crippen LogP contribution >= 0.6 is 45.2 Å². The standard InChI is InChI=1S/C23H14I2N2O/c24-17-9-5-15(6-10-17)19-3-1-13-26-21(19)23(28)22-20(4-2-14-27-22)16-7-11-18(25)12-8-16/h1-14H. The van der Waals surface area contributed by atoms with Gasteiger partial charge in [-0.05, 0) is 92.7 Å². The van der Waals surface area contributed by atoms with Crippen molar-refractivity contribution < 1.29 is 4.79 Å². The molecule has 0 saturated carbocycles. The molecule has 5 heteroatoms. The van der Waals surface area contributed by atoms with E-state index in [0.717, 1.165) is 29.4 Å². The van der Waals surface area contributed by atoms with Gasteiger partial charge in [0.25, 0.3) is 0 Å². The predicted molar refractivity (Wildman–Crippen MR) is 128 cm³/mol. The fraction of sp³-hybridized carbons (Fsp3) is 0. The van der Waals surface area contributed by atoms with Crippen molar-refractivity contribution in [2.45, 2.75) is 0 Å². The molecule has 2 aromatic carbocycles. The van der Waals surface area contributed by atoms with E-state index >= 15 is 0 Å². The number of pyridine rings is 2. The topological polar surface area (TPSA) is 42.9 Å². The number of rotatable bonds is 4. The first-order chi connectivity index (χ1) is 13.6. The van der Waals surface area contributed by atoms with Crippen LogP contribution in [0.3, 0.4) is 0 Å². The summed E-state index contributed by atoms with van der Waals surface area (Å²) in [6, 6.07) is 23.7. The van der Waals surface area contributed by atoms with Crippen molar-refractivity contribution in [3.8, 4) is 22.3 Å². The number of ketones is 1. The van der Waals surface area contributed by atoms with Crippen molar-refractivity contribution in [3.63, 3.8) is 0 Å². The van der Waals surface area contributed by atoms with Crippen LogP contribution in [0.5, 0.6) is 0 Å². The Bertz CT molecular complexity index is 1050. The van der Waals surface area contributed by atoms with Gasteiger partial charge >= 0.3 is 0 Å². The summed E-state index contributed by atoms with van der Waals surface area (Å²) in [5.74, 6) is -0.178. The molecule has 3 nitrogen and oxygen atoms in total. The second-order valence-corrected chi connectivity index (χ2v) is 8.63. The third-order valence-corrected chi connectivity index (χ3v) is 5.79.